The molecule has 0 aliphatic rings. The average Bonchev–Trinajstić information content (AvgIpc) is 2.43. The molecule has 0 N–H and O–H groups in total. The number of rotatable bonds is 8. The van der Waals surface area contributed by atoms with Crippen molar-refractivity contribution in [3.63, 3.8) is 0 Å². The largest absolute Gasteiger partial charge is 0.381 e. The van der Waals surface area contributed by atoms with Crippen LogP contribution in [0.15, 0.2) is 30.3 Å². The van der Waals surface area contributed by atoms with Gasteiger partial charge in [0, 0.05) is 7.11 Å². The van der Waals surface area contributed by atoms with Crippen molar-refractivity contribution in [1.82, 2.24) is 0 Å². The Morgan fingerprint density at radius 1 is 1.16 bits per heavy atom. The average molecular weight is 261 g/mol. The smallest absolute Gasteiger partial charge is 0.144 e. The Morgan fingerprint density at radius 3 is 2.37 bits per heavy atom. The van der Waals surface area contributed by atoms with E-state index >= 15 is 0 Å². The second-order valence-electron chi connectivity index (χ2n) is 5.01. The van der Waals surface area contributed by atoms with E-state index in [1.165, 1.54) is 0 Å². The van der Waals surface area contributed by atoms with Crippen LogP contribution in [-0.4, -0.2) is 19.3 Å². The monoisotopic (exact) mass is 261 g/mol. The topological polar surface area (TPSA) is 42.2 Å². The summed E-state index contributed by atoms with van der Waals surface area (Å²) in [7, 11) is 1.72. The number of methoxy groups -OCH3 is 1. The zero-order chi connectivity index (χ0) is 14.1. The standard InChI is InChI=1S/C16H23NO2/c1-13(2)16(18-3)10-9-15(11-17)19-12-14-7-5-4-6-8-14/h4-8,13,15-16H,9-10,12H2,1-3H3/t15-,16+/m0/s1. The molecule has 1 rings (SSSR count). The molecule has 3 nitrogen and oxygen atoms in total. The zero-order valence-electron chi connectivity index (χ0n) is 12.0. The minimum atomic E-state index is -0.364. The molecule has 0 amide bonds. The van der Waals surface area contributed by atoms with E-state index < -0.39 is 0 Å². The highest BCUT2D eigenvalue weighted by molar-refractivity contribution is 5.13. The lowest BCUT2D eigenvalue weighted by Gasteiger charge is -2.20. The number of ether oxygens (including phenoxy) is 2. The van der Waals surface area contributed by atoms with Gasteiger partial charge in [0.05, 0.1) is 18.8 Å². The first-order valence-electron chi connectivity index (χ1n) is 6.75. The van der Waals surface area contributed by atoms with E-state index in [-0.39, 0.29) is 12.2 Å². The number of hydrogen-bond donors (Lipinski definition) is 0. The summed E-state index contributed by atoms with van der Waals surface area (Å²) < 4.78 is 11.0. The summed E-state index contributed by atoms with van der Waals surface area (Å²) in [6, 6.07) is 12.1. The molecule has 0 unspecified atom stereocenters. The Balaban J connectivity index is 2.36. The maximum Gasteiger partial charge on any atom is 0.144 e. The van der Waals surface area contributed by atoms with Crippen LogP contribution in [0.1, 0.15) is 32.3 Å². The fourth-order valence-electron chi connectivity index (χ4n) is 2.00. The summed E-state index contributed by atoms with van der Waals surface area (Å²) in [6.07, 6.45) is 1.38. The van der Waals surface area contributed by atoms with Crippen molar-refractivity contribution >= 4 is 0 Å². The first-order chi connectivity index (χ1) is 9.17. The van der Waals surface area contributed by atoms with E-state index in [1.807, 2.05) is 30.3 Å². The van der Waals surface area contributed by atoms with E-state index in [0.29, 0.717) is 18.9 Å². The number of nitriles is 1. The van der Waals surface area contributed by atoms with Gasteiger partial charge in [-0.1, -0.05) is 44.2 Å². The van der Waals surface area contributed by atoms with E-state index in [4.69, 9.17) is 14.7 Å². The first kappa shape index (κ1) is 15.7. The molecule has 0 saturated heterocycles. The van der Waals surface area contributed by atoms with Crippen LogP contribution in [0.5, 0.6) is 0 Å². The molecule has 0 spiro atoms. The van der Waals surface area contributed by atoms with Crippen LogP contribution in [0.3, 0.4) is 0 Å². The van der Waals surface area contributed by atoms with E-state index in [2.05, 4.69) is 19.9 Å². The lowest BCUT2D eigenvalue weighted by molar-refractivity contribution is 0.0275. The lowest BCUT2D eigenvalue weighted by Crippen LogP contribution is -2.21. The van der Waals surface area contributed by atoms with Crippen molar-refractivity contribution in [2.24, 2.45) is 5.92 Å². The molecule has 1 aromatic carbocycles. The Kier molecular flexibility index (Phi) is 7.17. The van der Waals surface area contributed by atoms with Gasteiger partial charge >= 0.3 is 0 Å². The summed E-state index contributed by atoms with van der Waals surface area (Å²) in [5.41, 5.74) is 1.09. The fraction of sp³-hybridized carbons (Fsp3) is 0.562. The van der Waals surface area contributed by atoms with E-state index in [9.17, 15) is 0 Å². The lowest BCUT2D eigenvalue weighted by atomic mass is 10.0. The predicted molar refractivity (Wildman–Crippen MR) is 75.5 cm³/mol. The molecule has 0 radical (unpaired) electrons. The minimum absolute atomic E-state index is 0.191. The van der Waals surface area contributed by atoms with Crippen molar-refractivity contribution < 1.29 is 9.47 Å². The first-order valence-corrected chi connectivity index (χ1v) is 6.75. The van der Waals surface area contributed by atoms with Gasteiger partial charge in [-0.15, -0.1) is 0 Å². The van der Waals surface area contributed by atoms with E-state index in [1.54, 1.807) is 7.11 Å². The third kappa shape index (κ3) is 5.87. The molecular weight excluding hydrogens is 238 g/mol. The van der Waals surface area contributed by atoms with Gasteiger partial charge in [0.2, 0.25) is 0 Å². The Bertz CT molecular complexity index is 383. The van der Waals surface area contributed by atoms with Crippen LogP contribution in [0.25, 0.3) is 0 Å². The Labute approximate surface area is 116 Å². The van der Waals surface area contributed by atoms with Crippen LogP contribution in [-0.2, 0) is 16.1 Å². The van der Waals surface area contributed by atoms with Crippen LogP contribution in [0.2, 0.25) is 0 Å². The van der Waals surface area contributed by atoms with Crippen molar-refractivity contribution in [3.8, 4) is 6.07 Å². The van der Waals surface area contributed by atoms with Crippen molar-refractivity contribution in [2.45, 2.75) is 45.5 Å². The summed E-state index contributed by atoms with van der Waals surface area (Å²) in [5, 5.41) is 9.11. The highest BCUT2D eigenvalue weighted by Gasteiger charge is 2.16. The van der Waals surface area contributed by atoms with Gasteiger partial charge in [0.15, 0.2) is 0 Å². The Morgan fingerprint density at radius 2 is 1.84 bits per heavy atom. The molecular formula is C16H23NO2. The quantitative estimate of drug-likeness (QED) is 0.718. The molecule has 0 saturated carbocycles. The second-order valence-corrected chi connectivity index (χ2v) is 5.01. The van der Waals surface area contributed by atoms with E-state index in [0.717, 1.165) is 12.0 Å². The number of nitrogens with zero attached hydrogens (tertiary/aromatic N) is 1. The van der Waals surface area contributed by atoms with Gasteiger partial charge in [-0.2, -0.15) is 5.26 Å². The fourth-order valence-corrected chi connectivity index (χ4v) is 2.00. The van der Waals surface area contributed by atoms with Gasteiger partial charge in [-0.3, -0.25) is 0 Å². The molecule has 19 heavy (non-hydrogen) atoms. The molecule has 3 heteroatoms. The highest BCUT2D eigenvalue weighted by Crippen LogP contribution is 2.15. The third-order valence-electron chi connectivity index (χ3n) is 3.20. The molecule has 0 bridgehead atoms. The highest BCUT2D eigenvalue weighted by atomic mass is 16.5. The van der Waals surface area contributed by atoms with Crippen LogP contribution in [0.4, 0.5) is 0 Å². The maximum absolute atomic E-state index is 9.11. The molecule has 1 aromatic rings. The molecule has 0 aromatic heterocycles. The van der Waals surface area contributed by atoms with Crippen molar-refractivity contribution in [3.05, 3.63) is 35.9 Å². The van der Waals surface area contributed by atoms with Crippen molar-refractivity contribution in [1.29, 1.82) is 5.26 Å². The van der Waals surface area contributed by atoms with Crippen LogP contribution in [0, 0.1) is 17.2 Å². The third-order valence-corrected chi connectivity index (χ3v) is 3.20. The van der Waals surface area contributed by atoms with Crippen molar-refractivity contribution in [2.75, 3.05) is 7.11 Å². The van der Waals surface area contributed by atoms with Gasteiger partial charge in [0.25, 0.3) is 0 Å². The van der Waals surface area contributed by atoms with Gasteiger partial charge in [-0.25, -0.2) is 0 Å². The molecule has 2 atom stereocenters. The minimum Gasteiger partial charge on any atom is -0.381 e. The summed E-state index contributed by atoms with van der Waals surface area (Å²) >= 11 is 0. The summed E-state index contributed by atoms with van der Waals surface area (Å²) in [5.74, 6) is 0.457. The Hall–Kier alpha value is -1.37. The van der Waals surface area contributed by atoms with Gasteiger partial charge < -0.3 is 9.47 Å². The predicted octanol–water partition coefficient (Wildman–Crippen LogP) is 3.55. The number of benzene rings is 1. The van der Waals surface area contributed by atoms with Crippen LogP contribution >= 0.6 is 0 Å². The number of hydrogen-bond acceptors (Lipinski definition) is 3. The summed E-state index contributed by atoms with van der Waals surface area (Å²) in [6.45, 7) is 4.74. The second kappa shape index (κ2) is 8.68. The zero-order valence-corrected chi connectivity index (χ0v) is 12.0. The summed E-state index contributed by atoms with van der Waals surface area (Å²) in [4.78, 5) is 0. The molecule has 0 heterocycles. The molecule has 0 aliphatic carbocycles. The molecule has 104 valence electrons. The maximum atomic E-state index is 9.11. The normalized spacial score (nSPS) is 14.1. The molecule has 0 aliphatic heterocycles. The SMILES string of the molecule is CO[C@H](CC[C@@H](C#N)OCc1ccccc1)C(C)C. The van der Waals surface area contributed by atoms with Crippen LogP contribution < -0.4 is 0 Å². The van der Waals surface area contributed by atoms with Gasteiger partial charge in [-0.05, 0) is 24.3 Å². The van der Waals surface area contributed by atoms with Gasteiger partial charge in [0.1, 0.15) is 6.10 Å². The molecule has 0 fully saturated rings.